The molecule has 2 aromatic rings. The summed E-state index contributed by atoms with van der Waals surface area (Å²) in [5.74, 6) is 0. The number of rotatable bonds is 3. The number of hydrogen-bond acceptors (Lipinski definition) is 4. The average Bonchev–Trinajstić information content (AvgIpc) is 2.70. The Labute approximate surface area is 99.9 Å². The van der Waals surface area contributed by atoms with Crippen molar-refractivity contribution in [3.63, 3.8) is 0 Å². The number of ether oxygens (including phenoxy) is 1. The molecule has 0 amide bonds. The highest BCUT2D eigenvalue weighted by atomic mass is 19.4. The summed E-state index contributed by atoms with van der Waals surface area (Å²) in [7, 11) is 0. The highest BCUT2D eigenvalue weighted by Gasteiger charge is 2.33. The first-order valence-corrected chi connectivity index (χ1v) is 5.13. The van der Waals surface area contributed by atoms with E-state index in [2.05, 4.69) is 9.97 Å². The summed E-state index contributed by atoms with van der Waals surface area (Å²) in [6.07, 6.45) is -3.64. The number of hydrogen-bond donors (Lipinski definition) is 1. The molecule has 5 nitrogen and oxygen atoms in total. The van der Waals surface area contributed by atoms with Crippen LogP contribution < -0.4 is 0 Å². The Kier molecular flexibility index (Phi) is 3.22. The molecule has 0 radical (unpaired) electrons. The number of fused-ring (bicyclic) bond motifs is 1. The van der Waals surface area contributed by atoms with E-state index in [1.54, 1.807) is 6.92 Å². The van der Waals surface area contributed by atoms with Gasteiger partial charge in [-0.2, -0.15) is 13.2 Å². The zero-order valence-electron chi connectivity index (χ0n) is 9.35. The van der Waals surface area contributed by atoms with E-state index in [1.165, 1.54) is 10.7 Å². The molecule has 0 aliphatic rings. The summed E-state index contributed by atoms with van der Waals surface area (Å²) in [5, 5.41) is 9.60. The van der Waals surface area contributed by atoms with E-state index in [4.69, 9.17) is 4.74 Å². The van der Waals surface area contributed by atoms with Gasteiger partial charge in [0.15, 0.2) is 0 Å². The smallest absolute Gasteiger partial charge is 0.363 e. The molecule has 2 aromatic heterocycles. The Morgan fingerprint density at radius 3 is 2.67 bits per heavy atom. The predicted octanol–water partition coefficient (Wildman–Crippen LogP) is 1.78. The predicted molar refractivity (Wildman–Crippen MR) is 54.6 cm³/mol. The van der Waals surface area contributed by atoms with E-state index in [-0.39, 0.29) is 17.8 Å². The first-order chi connectivity index (χ1) is 8.43. The minimum absolute atomic E-state index is 0.0322. The van der Waals surface area contributed by atoms with Crippen molar-refractivity contribution >= 4 is 5.52 Å². The van der Waals surface area contributed by atoms with Crippen LogP contribution in [-0.4, -0.2) is 26.1 Å². The number of alkyl halides is 3. The highest BCUT2D eigenvalue weighted by Crippen LogP contribution is 2.29. The fraction of sp³-hybridized carbons (Fsp3) is 0.400. The summed E-state index contributed by atoms with van der Waals surface area (Å²) in [6.45, 7) is 1.88. The maximum atomic E-state index is 12.5. The molecule has 0 fully saturated rings. The Balaban J connectivity index is 2.50. The van der Waals surface area contributed by atoms with E-state index in [9.17, 15) is 18.3 Å². The van der Waals surface area contributed by atoms with Gasteiger partial charge in [-0.1, -0.05) is 0 Å². The second kappa shape index (κ2) is 4.54. The monoisotopic (exact) mass is 261 g/mol. The van der Waals surface area contributed by atoms with Gasteiger partial charge in [0, 0.05) is 6.61 Å². The van der Waals surface area contributed by atoms with Crippen LogP contribution in [0.1, 0.15) is 24.6 Å². The molecule has 18 heavy (non-hydrogen) atoms. The molecular weight excluding hydrogens is 251 g/mol. The van der Waals surface area contributed by atoms with E-state index in [0.717, 1.165) is 12.4 Å². The number of aromatic nitrogens is 3. The summed E-state index contributed by atoms with van der Waals surface area (Å²) in [6, 6.07) is 0.824. The highest BCUT2D eigenvalue weighted by molar-refractivity contribution is 5.53. The van der Waals surface area contributed by atoms with Gasteiger partial charge in [-0.25, -0.2) is 9.97 Å². The lowest BCUT2D eigenvalue weighted by Gasteiger charge is -2.09. The van der Waals surface area contributed by atoms with Gasteiger partial charge in [-0.3, -0.25) is 4.40 Å². The lowest BCUT2D eigenvalue weighted by atomic mass is 10.3. The van der Waals surface area contributed by atoms with Crippen molar-refractivity contribution < 1.29 is 23.0 Å². The Bertz CT molecular complexity index is 553. The Hall–Kier alpha value is -1.67. The second-order valence-corrected chi connectivity index (χ2v) is 3.50. The SMILES string of the molecule is CCOC(O)c1ncn2cnc(C(F)(F)F)cc12. The number of halogens is 3. The summed E-state index contributed by atoms with van der Waals surface area (Å²) in [5.41, 5.74) is -0.900. The standard InChI is InChI=1S/C10H10F3N3O2/c1-2-18-9(17)8-6-3-7(10(11,12)13)14-4-16(6)5-15-8/h3-5,9,17H,2H2,1H3. The second-order valence-electron chi connectivity index (χ2n) is 3.50. The molecular formula is C10H10F3N3O2. The van der Waals surface area contributed by atoms with E-state index in [0.29, 0.717) is 0 Å². The van der Waals surface area contributed by atoms with Crippen LogP contribution in [0.4, 0.5) is 13.2 Å². The van der Waals surface area contributed by atoms with Gasteiger partial charge in [0.1, 0.15) is 24.0 Å². The van der Waals surface area contributed by atoms with Crippen LogP contribution in [-0.2, 0) is 10.9 Å². The van der Waals surface area contributed by atoms with E-state index in [1.807, 2.05) is 0 Å². The number of aliphatic hydroxyl groups is 1. The summed E-state index contributed by atoms with van der Waals surface area (Å²) >= 11 is 0. The van der Waals surface area contributed by atoms with Crippen LogP contribution >= 0.6 is 0 Å². The lowest BCUT2D eigenvalue weighted by molar-refractivity contribution is -0.141. The van der Waals surface area contributed by atoms with Crippen molar-refractivity contribution in [3.05, 3.63) is 30.1 Å². The summed E-state index contributed by atoms with van der Waals surface area (Å²) < 4.78 is 43.7. The van der Waals surface area contributed by atoms with Gasteiger partial charge in [-0.05, 0) is 13.0 Å². The third-order valence-corrected chi connectivity index (χ3v) is 2.31. The molecule has 2 rings (SSSR count). The minimum atomic E-state index is -4.54. The van der Waals surface area contributed by atoms with Gasteiger partial charge in [-0.15, -0.1) is 0 Å². The molecule has 0 saturated carbocycles. The van der Waals surface area contributed by atoms with Crippen molar-refractivity contribution in [3.8, 4) is 0 Å². The molecule has 1 atom stereocenters. The zero-order chi connectivity index (χ0) is 13.3. The van der Waals surface area contributed by atoms with Gasteiger partial charge in [0.25, 0.3) is 0 Å². The third-order valence-electron chi connectivity index (χ3n) is 2.31. The minimum Gasteiger partial charge on any atom is -0.363 e. The normalized spacial score (nSPS) is 14.1. The van der Waals surface area contributed by atoms with Gasteiger partial charge in [0.05, 0.1) is 5.52 Å². The summed E-state index contributed by atoms with van der Waals surface area (Å²) in [4.78, 5) is 7.09. The molecule has 8 heteroatoms. The number of imidazole rings is 1. The molecule has 2 heterocycles. The van der Waals surface area contributed by atoms with E-state index < -0.39 is 18.2 Å². The van der Waals surface area contributed by atoms with Gasteiger partial charge in [0.2, 0.25) is 6.29 Å². The van der Waals surface area contributed by atoms with Crippen molar-refractivity contribution in [1.82, 2.24) is 14.4 Å². The Morgan fingerprint density at radius 2 is 2.06 bits per heavy atom. The maximum Gasteiger partial charge on any atom is 0.433 e. The molecule has 1 unspecified atom stereocenters. The Morgan fingerprint density at radius 1 is 1.39 bits per heavy atom. The van der Waals surface area contributed by atoms with Gasteiger partial charge < -0.3 is 9.84 Å². The fourth-order valence-corrected chi connectivity index (χ4v) is 1.50. The quantitative estimate of drug-likeness (QED) is 0.855. The lowest BCUT2D eigenvalue weighted by Crippen LogP contribution is -2.09. The van der Waals surface area contributed by atoms with Crippen molar-refractivity contribution in [2.75, 3.05) is 6.61 Å². The molecule has 0 spiro atoms. The first kappa shape index (κ1) is 12.8. The molecule has 0 aromatic carbocycles. The largest absolute Gasteiger partial charge is 0.433 e. The molecule has 0 bridgehead atoms. The van der Waals surface area contributed by atoms with Crippen LogP contribution in [0.5, 0.6) is 0 Å². The van der Waals surface area contributed by atoms with Crippen molar-refractivity contribution in [2.45, 2.75) is 19.4 Å². The molecule has 0 saturated heterocycles. The van der Waals surface area contributed by atoms with E-state index >= 15 is 0 Å². The molecule has 1 N–H and O–H groups in total. The van der Waals surface area contributed by atoms with Gasteiger partial charge >= 0.3 is 6.18 Å². The average molecular weight is 261 g/mol. The zero-order valence-corrected chi connectivity index (χ0v) is 9.35. The maximum absolute atomic E-state index is 12.5. The first-order valence-electron chi connectivity index (χ1n) is 5.13. The molecule has 0 aliphatic carbocycles. The number of aliphatic hydroxyl groups excluding tert-OH is 1. The molecule has 0 aliphatic heterocycles. The fourth-order valence-electron chi connectivity index (χ4n) is 1.50. The van der Waals surface area contributed by atoms with Crippen LogP contribution in [0, 0.1) is 0 Å². The van der Waals surface area contributed by atoms with Crippen molar-refractivity contribution in [2.24, 2.45) is 0 Å². The topological polar surface area (TPSA) is 59.7 Å². The third kappa shape index (κ3) is 2.29. The van der Waals surface area contributed by atoms with Crippen LogP contribution in [0.3, 0.4) is 0 Å². The van der Waals surface area contributed by atoms with Crippen LogP contribution in [0.25, 0.3) is 5.52 Å². The molecule has 98 valence electrons. The van der Waals surface area contributed by atoms with Crippen LogP contribution in [0.15, 0.2) is 18.7 Å². The van der Waals surface area contributed by atoms with Crippen LogP contribution in [0.2, 0.25) is 0 Å². The van der Waals surface area contributed by atoms with Crippen molar-refractivity contribution in [1.29, 1.82) is 0 Å². The number of nitrogens with zero attached hydrogens (tertiary/aromatic N) is 3.